The lowest BCUT2D eigenvalue weighted by atomic mass is 10.2. The number of anilines is 2. The van der Waals surface area contributed by atoms with Crippen molar-refractivity contribution in [2.24, 2.45) is 0 Å². The summed E-state index contributed by atoms with van der Waals surface area (Å²) in [5.74, 6) is 1.45. The van der Waals surface area contributed by atoms with Crippen LogP contribution in [0.3, 0.4) is 0 Å². The minimum Gasteiger partial charge on any atom is -0.454 e. The smallest absolute Gasteiger partial charge is 0.255 e. The summed E-state index contributed by atoms with van der Waals surface area (Å²) >= 11 is 0. The fourth-order valence-corrected chi connectivity index (χ4v) is 2.72. The predicted molar refractivity (Wildman–Crippen MR) is 101 cm³/mol. The Morgan fingerprint density at radius 2 is 1.58 bits per heavy atom. The number of carbonyl (C=O) groups is 1. The molecule has 1 heterocycles. The van der Waals surface area contributed by atoms with Gasteiger partial charge >= 0.3 is 0 Å². The van der Waals surface area contributed by atoms with Crippen molar-refractivity contribution in [2.45, 2.75) is 6.54 Å². The first kappa shape index (κ1) is 16.0. The van der Waals surface area contributed by atoms with Gasteiger partial charge in [-0.1, -0.05) is 24.3 Å². The molecule has 3 aromatic carbocycles. The molecule has 0 saturated heterocycles. The van der Waals surface area contributed by atoms with E-state index in [2.05, 4.69) is 10.6 Å². The quantitative estimate of drug-likeness (QED) is 0.724. The van der Waals surface area contributed by atoms with Crippen molar-refractivity contribution in [1.82, 2.24) is 0 Å². The molecule has 0 saturated carbocycles. The van der Waals surface area contributed by atoms with Gasteiger partial charge < -0.3 is 20.1 Å². The number of nitrogens with one attached hydrogen (secondary N) is 2. The molecule has 0 spiro atoms. The predicted octanol–water partition coefficient (Wildman–Crippen LogP) is 4.28. The van der Waals surface area contributed by atoms with Crippen molar-refractivity contribution < 1.29 is 14.3 Å². The average Bonchev–Trinajstić information content (AvgIpc) is 3.16. The van der Waals surface area contributed by atoms with Gasteiger partial charge in [-0.2, -0.15) is 0 Å². The van der Waals surface area contributed by atoms with Crippen LogP contribution in [0.25, 0.3) is 0 Å². The molecule has 0 fully saturated rings. The van der Waals surface area contributed by atoms with Crippen LogP contribution in [0.5, 0.6) is 11.5 Å². The third-order valence-corrected chi connectivity index (χ3v) is 4.11. The molecule has 0 radical (unpaired) electrons. The number of ether oxygens (including phenoxy) is 2. The molecule has 130 valence electrons. The summed E-state index contributed by atoms with van der Waals surface area (Å²) in [5.41, 5.74) is 3.47. The molecule has 2 N–H and O–H groups in total. The van der Waals surface area contributed by atoms with Crippen LogP contribution in [0.15, 0.2) is 72.8 Å². The molecule has 1 aliphatic heterocycles. The Balaban J connectivity index is 1.35. The Labute approximate surface area is 151 Å². The molecule has 3 aromatic rings. The number of benzene rings is 3. The first-order chi connectivity index (χ1) is 12.8. The van der Waals surface area contributed by atoms with Crippen molar-refractivity contribution in [3.8, 4) is 11.5 Å². The van der Waals surface area contributed by atoms with Gasteiger partial charge in [0.25, 0.3) is 5.91 Å². The second-order valence-corrected chi connectivity index (χ2v) is 5.94. The fourth-order valence-electron chi connectivity index (χ4n) is 2.72. The van der Waals surface area contributed by atoms with Crippen LogP contribution in [-0.2, 0) is 6.54 Å². The van der Waals surface area contributed by atoms with E-state index in [0.717, 1.165) is 28.4 Å². The number of amides is 1. The van der Waals surface area contributed by atoms with E-state index >= 15 is 0 Å². The Bertz CT molecular complexity index is 908. The monoisotopic (exact) mass is 346 g/mol. The zero-order valence-electron chi connectivity index (χ0n) is 14.1. The standard InChI is InChI=1S/C21H18N2O3/c24-21(16-4-2-1-3-5-16)23-18-9-7-17(8-10-18)22-13-15-6-11-19-20(12-15)26-14-25-19/h1-12,22H,13-14H2,(H,23,24). The molecule has 4 rings (SSSR count). The second kappa shape index (κ2) is 7.19. The van der Waals surface area contributed by atoms with Crippen molar-refractivity contribution in [3.63, 3.8) is 0 Å². The van der Waals surface area contributed by atoms with Crippen molar-refractivity contribution >= 4 is 17.3 Å². The Hall–Kier alpha value is -3.47. The maximum absolute atomic E-state index is 12.2. The minimum absolute atomic E-state index is 0.119. The van der Waals surface area contributed by atoms with Gasteiger partial charge in [-0.05, 0) is 54.1 Å². The van der Waals surface area contributed by atoms with Gasteiger partial charge in [0.05, 0.1) is 0 Å². The summed E-state index contributed by atoms with van der Waals surface area (Å²) in [7, 11) is 0. The topological polar surface area (TPSA) is 59.6 Å². The SMILES string of the molecule is O=C(Nc1ccc(NCc2ccc3c(c2)OCO3)cc1)c1ccccc1. The molecule has 0 unspecified atom stereocenters. The fraction of sp³-hybridized carbons (Fsp3) is 0.0952. The lowest BCUT2D eigenvalue weighted by molar-refractivity contribution is 0.102. The van der Waals surface area contributed by atoms with Crippen molar-refractivity contribution in [3.05, 3.63) is 83.9 Å². The third kappa shape index (κ3) is 3.62. The number of fused-ring (bicyclic) bond motifs is 1. The number of hydrogen-bond donors (Lipinski definition) is 2. The average molecular weight is 346 g/mol. The lowest BCUT2D eigenvalue weighted by Crippen LogP contribution is -2.11. The zero-order valence-corrected chi connectivity index (χ0v) is 14.1. The van der Waals surface area contributed by atoms with Crippen LogP contribution in [0, 0.1) is 0 Å². The highest BCUT2D eigenvalue weighted by Gasteiger charge is 2.13. The summed E-state index contributed by atoms with van der Waals surface area (Å²) in [6.07, 6.45) is 0. The highest BCUT2D eigenvalue weighted by atomic mass is 16.7. The number of hydrogen-bond acceptors (Lipinski definition) is 4. The molecule has 0 aliphatic carbocycles. The maximum Gasteiger partial charge on any atom is 0.255 e. The molecule has 5 nitrogen and oxygen atoms in total. The van der Waals surface area contributed by atoms with Gasteiger partial charge in [0.2, 0.25) is 6.79 Å². The van der Waals surface area contributed by atoms with E-state index < -0.39 is 0 Å². The molecule has 0 bridgehead atoms. The molecule has 5 heteroatoms. The summed E-state index contributed by atoms with van der Waals surface area (Å²) in [6, 6.07) is 22.7. The van der Waals surface area contributed by atoms with Gasteiger partial charge in [-0.15, -0.1) is 0 Å². The van der Waals surface area contributed by atoms with Crippen LogP contribution in [-0.4, -0.2) is 12.7 Å². The Morgan fingerprint density at radius 3 is 2.38 bits per heavy atom. The van der Waals surface area contributed by atoms with Crippen LogP contribution >= 0.6 is 0 Å². The van der Waals surface area contributed by atoms with E-state index in [4.69, 9.17) is 9.47 Å². The molecule has 0 atom stereocenters. The zero-order chi connectivity index (χ0) is 17.8. The molecule has 0 aromatic heterocycles. The van der Waals surface area contributed by atoms with E-state index in [1.807, 2.05) is 60.7 Å². The molecule has 26 heavy (non-hydrogen) atoms. The number of rotatable bonds is 5. The number of carbonyl (C=O) groups excluding carboxylic acids is 1. The largest absolute Gasteiger partial charge is 0.454 e. The van der Waals surface area contributed by atoms with E-state index in [0.29, 0.717) is 12.1 Å². The summed E-state index contributed by atoms with van der Waals surface area (Å²) in [6.45, 7) is 0.953. The van der Waals surface area contributed by atoms with Gasteiger partial charge in [-0.3, -0.25) is 4.79 Å². The van der Waals surface area contributed by atoms with Crippen LogP contribution in [0.1, 0.15) is 15.9 Å². The highest BCUT2D eigenvalue weighted by molar-refractivity contribution is 6.04. The van der Waals surface area contributed by atoms with Crippen molar-refractivity contribution in [1.29, 1.82) is 0 Å². The van der Waals surface area contributed by atoms with E-state index in [1.165, 1.54) is 0 Å². The van der Waals surface area contributed by atoms with Crippen LogP contribution in [0.2, 0.25) is 0 Å². The molecule has 1 amide bonds. The van der Waals surface area contributed by atoms with E-state index in [9.17, 15) is 4.79 Å². The van der Waals surface area contributed by atoms with Crippen molar-refractivity contribution in [2.75, 3.05) is 17.4 Å². The lowest BCUT2D eigenvalue weighted by Gasteiger charge is -2.09. The maximum atomic E-state index is 12.2. The summed E-state index contributed by atoms with van der Waals surface area (Å²) in [4.78, 5) is 12.2. The molecule has 1 aliphatic rings. The molecular formula is C21H18N2O3. The minimum atomic E-state index is -0.119. The Morgan fingerprint density at radius 1 is 0.846 bits per heavy atom. The first-order valence-corrected chi connectivity index (χ1v) is 8.37. The van der Waals surface area contributed by atoms with Gasteiger partial charge in [0.15, 0.2) is 11.5 Å². The summed E-state index contributed by atoms with van der Waals surface area (Å²) < 4.78 is 10.7. The van der Waals surface area contributed by atoms with Gasteiger partial charge in [-0.25, -0.2) is 0 Å². The normalized spacial score (nSPS) is 11.8. The van der Waals surface area contributed by atoms with E-state index in [-0.39, 0.29) is 12.7 Å². The second-order valence-electron chi connectivity index (χ2n) is 5.94. The van der Waals surface area contributed by atoms with Crippen LogP contribution < -0.4 is 20.1 Å². The highest BCUT2D eigenvalue weighted by Crippen LogP contribution is 2.32. The van der Waals surface area contributed by atoms with Crippen LogP contribution in [0.4, 0.5) is 11.4 Å². The third-order valence-electron chi connectivity index (χ3n) is 4.11. The van der Waals surface area contributed by atoms with Gasteiger partial charge in [0.1, 0.15) is 0 Å². The molecular weight excluding hydrogens is 328 g/mol. The first-order valence-electron chi connectivity index (χ1n) is 8.37. The Kier molecular flexibility index (Phi) is 4.43. The summed E-state index contributed by atoms with van der Waals surface area (Å²) in [5, 5.41) is 6.25. The van der Waals surface area contributed by atoms with Gasteiger partial charge in [0, 0.05) is 23.5 Å². The van der Waals surface area contributed by atoms with E-state index in [1.54, 1.807) is 12.1 Å².